The number of carbonyl (C=O) groups excluding carboxylic acids is 1. The fourth-order valence-corrected chi connectivity index (χ4v) is 5.32. The number of methoxy groups -OCH3 is 2. The van der Waals surface area contributed by atoms with Crippen molar-refractivity contribution < 1.29 is 27.1 Å². The SMILES string of the molecule is COc1cccc(OC)c1-n1c(CS(=O)(=O)CCN2C(=O)N(C)CC[C@@H]2C)nnc1-c1ccco1. The van der Waals surface area contributed by atoms with Crippen LogP contribution in [0, 0.1) is 0 Å². The topological polar surface area (TPSA) is 120 Å². The molecule has 35 heavy (non-hydrogen) atoms. The number of urea groups is 1. The van der Waals surface area contributed by atoms with Crippen LogP contribution >= 0.6 is 0 Å². The minimum atomic E-state index is -3.67. The highest BCUT2D eigenvalue weighted by Crippen LogP contribution is 2.36. The van der Waals surface area contributed by atoms with Crippen LogP contribution < -0.4 is 9.47 Å². The third-order valence-corrected chi connectivity index (χ3v) is 7.58. The zero-order chi connectivity index (χ0) is 25.2. The van der Waals surface area contributed by atoms with Gasteiger partial charge in [-0.3, -0.25) is 4.57 Å². The number of aromatic nitrogens is 3. The Morgan fingerprint density at radius 3 is 2.46 bits per heavy atom. The van der Waals surface area contributed by atoms with E-state index in [1.165, 1.54) is 20.5 Å². The zero-order valence-electron chi connectivity index (χ0n) is 20.2. The summed E-state index contributed by atoms with van der Waals surface area (Å²) >= 11 is 0. The van der Waals surface area contributed by atoms with E-state index in [1.54, 1.807) is 51.7 Å². The Bertz CT molecular complexity index is 1270. The number of ether oxygens (including phenoxy) is 2. The van der Waals surface area contributed by atoms with Crippen LogP contribution in [-0.4, -0.2) is 85.2 Å². The van der Waals surface area contributed by atoms with Gasteiger partial charge in [0.2, 0.25) is 5.82 Å². The minimum absolute atomic E-state index is 0.0269. The van der Waals surface area contributed by atoms with Crippen molar-refractivity contribution in [2.45, 2.75) is 25.1 Å². The molecule has 0 saturated carbocycles. The van der Waals surface area contributed by atoms with Crippen molar-refractivity contribution in [3.63, 3.8) is 0 Å². The highest BCUT2D eigenvalue weighted by molar-refractivity contribution is 7.90. The fraction of sp³-hybridized carbons (Fsp3) is 0.435. The molecule has 1 saturated heterocycles. The summed E-state index contributed by atoms with van der Waals surface area (Å²) in [5.41, 5.74) is 0.459. The van der Waals surface area contributed by atoms with E-state index in [9.17, 15) is 13.2 Å². The quantitative estimate of drug-likeness (QED) is 0.437. The predicted octanol–water partition coefficient (Wildman–Crippen LogP) is 2.61. The largest absolute Gasteiger partial charge is 0.494 e. The van der Waals surface area contributed by atoms with Gasteiger partial charge in [0.15, 0.2) is 21.4 Å². The van der Waals surface area contributed by atoms with E-state index >= 15 is 0 Å². The number of carbonyl (C=O) groups is 1. The molecule has 0 aliphatic carbocycles. The van der Waals surface area contributed by atoms with Gasteiger partial charge in [0, 0.05) is 26.2 Å². The van der Waals surface area contributed by atoms with E-state index in [4.69, 9.17) is 13.9 Å². The second-order valence-corrected chi connectivity index (χ2v) is 10.6. The number of hydrogen-bond donors (Lipinski definition) is 0. The number of para-hydroxylation sites is 1. The normalized spacial score (nSPS) is 16.6. The number of furan rings is 1. The van der Waals surface area contributed by atoms with Gasteiger partial charge in [-0.15, -0.1) is 10.2 Å². The van der Waals surface area contributed by atoms with E-state index in [0.717, 1.165) is 6.42 Å². The third kappa shape index (κ3) is 4.97. The van der Waals surface area contributed by atoms with Crippen molar-refractivity contribution in [3.05, 3.63) is 42.4 Å². The Hall–Kier alpha value is -3.54. The molecule has 0 radical (unpaired) electrons. The molecule has 1 aliphatic heterocycles. The number of amides is 2. The maximum atomic E-state index is 13.2. The summed E-state index contributed by atoms with van der Waals surface area (Å²) in [7, 11) is 1.07. The molecule has 2 aromatic heterocycles. The molecule has 3 heterocycles. The number of benzene rings is 1. The minimum Gasteiger partial charge on any atom is -0.494 e. The zero-order valence-corrected chi connectivity index (χ0v) is 21.0. The molecule has 1 fully saturated rings. The smallest absolute Gasteiger partial charge is 0.320 e. The lowest BCUT2D eigenvalue weighted by Crippen LogP contribution is -2.53. The third-order valence-electron chi connectivity index (χ3n) is 6.08. The van der Waals surface area contributed by atoms with Gasteiger partial charge in [-0.05, 0) is 37.6 Å². The summed E-state index contributed by atoms with van der Waals surface area (Å²) in [6, 6.07) is 8.46. The second kappa shape index (κ2) is 9.98. The summed E-state index contributed by atoms with van der Waals surface area (Å²) in [5, 5.41) is 8.42. The molecule has 11 nitrogen and oxygen atoms in total. The number of sulfone groups is 1. The lowest BCUT2D eigenvalue weighted by Gasteiger charge is -2.38. The van der Waals surface area contributed by atoms with Gasteiger partial charge in [-0.1, -0.05) is 6.07 Å². The molecule has 0 N–H and O–H groups in total. The van der Waals surface area contributed by atoms with Crippen LogP contribution in [0.1, 0.15) is 19.2 Å². The van der Waals surface area contributed by atoms with E-state index in [2.05, 4.69) is 10.2 Å². The summed E-state index contributed by atoms with van der Waals surface area (Å²) in [6.45, 7) is 2.68. The average molecular weight is 504 g/mol. The second-order valence-electron chi connectivity index (χ2n) is 8.39. The Morgan fingerprint density at radius 1 is 1.11 bits per heavy atom. The Kier molecular flexibility index (Phi) is 7.01. The first-order chi connectivity index (χ1) is 16.8. The van der Waals surface area contributed by atoms with E-state index < -0.39 is 15.6 Å². The average Bonchev–Trinajstić information content (AvgIpc) is 3.50. The van der Waals surface area contributed by atoms with Crippen molar-refractivity contribution in [1.82, 2.24) is 24.6 Å². The fourth-order valence-electron chi connectivity index (χ4n) is 4.12. The number of rotatable bonds is 9. The first kappa shape index (κ1) is 24.6. The molecule has 1 aromatic carbocycles. The number of nitrogens with zero attached hydrogens (tertiary/aromatic N) is 5. The first-order valence-corrected chi connectivity index (χ1v) is 13.0. The highest BCUT2D eigenvalue weighted by Gasteiger charge is 2.31. The van der Waals surface area contributed by atoms with Crippen molar-refractivity contribution in [2.24, 2.45) is 0 Å². The summed E-state index contributed by atoms with van der Waals surface area (Å²) in [5.74, 6) is 1.19. The molecule has 3 aromatic rings. The van der Waals surface area contributed by atoms with Crippen molar-refractivity contribution >= 4 is 15.9 Å². The molecule has 12 heteroatoms. The van der Waals surface area contributed by atoms with Gasteiger partial charge in [0.1, 0.15) is 22.9 Å². The maximum Gasteiger partial charge on any atom is 0.320 e. The van der Waals surface area contributed by atoms with Gasteiger partial charge in [0.05, 0.1) is 26.2 Å². The lowest BCUT2D eigenvalue weighted by molar-refractivity contribution is 0.118. The van der Waals surface area contributed by atoms with Gasteiger partial charge in [-0.25, -0.2) is 13.2 Å². The monoisotopic (exact) mass is 503 g/mol. The molecule has 2 amide bonds. The van der Waals surface area contributed by atoms with Crippen LogP contribution in [0.25, 0.3) is 17.3 Å². The van der Waals surface area contributed by atoms with Crippen molar-refractivity contribution in [2.75, 3.05) is 40.1 Å². The van der Waals surface area contributed by atoms with Crippen LogP contribution in [0.3, 0.4) is 0 Å². The molecule has 0 unspecified atom stereocenters. The van der Waals surface area contributed by atoms with Gasteiger partial charge in [-0.2, -0.15) is 0 Å². The molecule has 0 spiro atoms. The van der Waals surface area contributed by atoms with E-state index in [0.29, 0.717) is 35.3 Å². The van der Waals surface area contributed by atoms with Crippen LogP contribution in [0.2, 0.25) is 0 Å². The Balaban J connectivity index is 1.69. The van der Waals surface area contributed by atoms with Gasteiger partial charge < -0.3 is 23.7 Å². The maximum absolute atomic E-state index is 13.2. The van der Waals surface area contributed by atoms with Crippen LogP contribution in [-0.2, 0) is 15.6 Å². The van der Waals surface area contributed by atoms with Crippen LogP contribution in [0.4, 0.5) is 4.79 Å². The lowest BCUT2D eigenvalue weighted by atomic mass is 10.1. The summed E-state index contributed by atoms with van der Waals surface area (Å²) < 4.78 is 44.6. The summed E-state index contributed by atoms with van der Waals surface area (Å²) in [6.07, 6.45) is 2.29. The van der Waals surface area contributed by atoms with Gasteiger partial charge in [0.25, 0.3) is 0 Å². The predicted molar refractivity (Wildman–Crippen MR) is 128 cm³/mol. The van der Waals surface area contributed by atoms with Crippen molar-refractivity contribution in [3.8, 4) is 28.8 Å². The first-order valence-electron chi connectivity index (χ1n) is 11.2. The van der Waals surface area contributed by atoms with Crippen LogP contribution in [0.5, 0.6) is 11.5 Å². The van der Waals surface area contributed by atoms with E-state index in [-0.39, 0.29) is 30.2 Å². The Morgan fingerprint density at radius 2 is 1.83 bits per heavy atom. The highest BCUT2D eigenvalue weighted by atomic mass is 32.2. The van der Waals surface area contributed by atoms with Crippen molar-refractivity contribution in [1.29, 1.82) is 0 Å². The Labute approximate surface area is 204 Å². The summed E-state index contributed by atoms with van der Waals surface area (Å²) in [4.78, 5) is 15.7. The number of hydrogen-bond acceptors (Lipinski definition) is 8. The van der Waals surface area contributed by atoms with Gasteiger partial charge >= 0.3 is 6.03 Å². The molecule has 4 rings (SSSR count). The molecule has 188 valence electrons. The molecular formula is C23H29N5O6S. The van der Waals surface area contributed by atoms with E-state index in [1.807, 2.05) is 6.92 Å². The standard InChI is InChI=1S/C23H29N5O6S/c1-16-10-11-26(2)23(29)27(16)12-14-35(30,31)15-20-24-25-22(19-9-6-13-34-19)28(20)21-17(32-3)7-5-8-18(21)33-4/h5-9,13,16H,10-12,14-15H2,1-4H3/t16-/m0/s1. The molecular weight excluding hydrogens is 474 g/mol. The molecule has 0 bridgehead atoms. The van der Waals surface area contributed by atoms with Crippen LogP contribution in [0.15, 0.2) is 41.0 Å². The molecule has 1 aliphatic rings. The molecule has 1 atom stereocenters.